The summed E-state index contributed by atoms with van der Waals surface area (Å²) in [5.41, 5.74) is 34.5. The molecule has 0 radical (unpaired) electrons. The van der Waals surface area contributed by atoms with E-state index in [1.54, 1.807) is 0 Å². The molecular weight excluding hydrogens is 634 g/mol. The van der Waals surface area contributed by atoms with Gasteiger partial charge in [-0.05, 0) is 19.4 Å². The molecule has 0 aromatic rings. The van der Waals surface area contributed by atoms with Crippen LogP contribution in [0.3, 0.4) is 0 Å². The predicted octanol–water partition coefficient (Wildman–Crippen LogP) is -8.64. The molecule has 16 atom stereocenters. The van der Waals surface area contributed by atoms with Crippen LogP contribution in [-0.4, -0.2) is 166 Å². The number of ether oxygens (including phenoxy) is 5. The van der Waals surface area contributed by atoms with Gasteiger partial charge in [-0.2, -0.15) is 0 Å². The summed E-state index contributed by atoms with van der Waals surface area (Å²) < 4.78 is 28.2. The summed E-state index contributed by atoms with van der Waals surface area (Å²) in [6.07, 6.45) is -18.7. The topological polar surface area (TPSA) is 387 Å². The van der Waals surface area contributed by atoms with Gasteiger partial charge >= 0.3 is 5.97 Å². The number of aliphatic hydroxyl groups is 6. The molecule has 19 N–H and O–H groups in total. The molecule has 2 heterocycles. The van der Waals surface area contributed by atoms with Crippen molar-refractivity contribution in [2.24, 2.45) is 34.4 Å². The van der Waals surface area contributed by atoms with Crippen LogP contribution in [0.4, 0.5) is 0 Å². The second kappa shape index (κ2) is 17.5. The highest BCUT2D eigenvalue weighted by Crippen LogP contribution is 2.32. The van der Waals surface area contributed by atoms with Gasteiger partial charge in [0.25, 0.3) is 0 Å². The standard InChI is InChI=1S/C26H49N7O14/c27-4-3-10(34)24(42)33-9-5-8(29)22(46-25-16(32)19(39)18(38)11(6-28)44-25)21(41)23(9)47-26-20(40)15(31)17(37)12(45-26)7-43-14(36)2-1-13(30)35/h8-12,15-23,25-26,34,37-41H,1-7,27-29,31-32H2,(H2,30,35)(H,33,42)/t8?,9-,10+,11-,12-,15+,16-,17-,18-,19-,20-,21+,22-,23+,25-,26-/m1/s1. The van der Waals surface area contributed by atoms with Crippen LogP contribution >= 0.6 is 0 Å². The quantitative estimate of drug-likeness (QED) is 0.0755. The minimum atomic E-state index is -1.74. The van der Waals surface area contributed by atoms with Crippen LogP contribution in [0.15, 0.2) is 0 Å². The molecule has 3 fully saturated rings. The number of carbonyl (C=O) groups excluding carboxylic acids is 3. The average Bonchev–Trinajstić information content (AvgIpc) is 3.03. The molecule has 21 nitrogen and oxygen atoms in total. The number of esters is 1. The zero-order valence-electron chi connectivity index (χ0n) is 25.6. The van der Waals surface area contributed by atoms with E-state index in [4.69, 9.17) is 58.1 Å². The zero-order valence-corrected chi connectivity index (χ0v) is 25.6. The van der Waals surface area contributed by atoms with E-state index in [0.717, 1.165) is 0 Å². The lowest BCUT2D eigenvalue weighted by Gasteiger charge is -2.49. The van der Waals surface area contributed by atoms with E-state index in [1.807, 2.05) is 0 Å². The Labute approximate surface area is 269 Å². The Morgan fingerprint density at radius 1 is 0.809 bits per heavy atom. The fraction of sp³-hybridized carbons (Fsp3) is 0.885. The Bertz CT molecular complexity index is 1050. The van der Waals surface area contributed by atoms with Gasteiger partial charge < -0.3 is 94.0 Å². The van der Waals surface area contributed by atoms with Crippen molar-refractivity contribution < 1.29 is 68.7 Å². The summed E-state index contributed by atoms with van der Waals surface area (Å²) in [6, 6.07) is -4.90. The number of nitrogens with two attached hydrogens (primary N) is 6. The van der Waals surface area contributed by atoms with E-state index in [-0.39, 0.29) is 38.8 Å². The van der Waals surface area contributed by atoms with Crippen molar-refractivity contribution in [1.29, 1.82) is 0 Å². The minimum Gasteiger partial charge on any atom is -0.463 e. The van der Waals surface area contributed by atoms with Gasteiger partial charge in [0.1, 0.15) is 67.6 Å². The monoisotopic (exact) mass is 683 g/mol. The van der Waals surface area contributed by atoms with E-state index in [1.165, 1.54) is 0 Å². The number of aliphatic hydroxyl groups excluding tert-OH is 6. The lowest BCUT2D eigenvalue weighted by Crippen LogP contribution is -2.70. The van der Waals surface area contributed by atoms with E-state index >= 15 is 0 Å². The van der Waals surface area contributed by atoms with Crippen molar-refractivity contribution in [3.63, 3.8) is 0 Å². The fourth-order valence-electron chi connectivity index (χ4n) is 5.57. The van der Waals surface area contributed by atoms with E-state index in [0.29, 0.717) is 0 Å². The van der Waals surface area contributed by atoms with Crippen LogP contribution in [-0.2, 0) is 38.1 Å². The normalized spacial score (nSPS) is 41.6. The second-order valence-electron chi connectivity index (χ2n) is 11.9. The van der Waals surface area contributed by atoms with Crippen LogP contribution < -0.4 is 39.7 Å². The lowest BCUT2D eigenvalue weighted by atomic mass is 9.83. The molecule has 3 aliphatic rings. The van der Waals surface area contributed by atoms with Crippen molar-refractivity contribution in [2.75, 3.05) is 19.7 Å². The van der Waals surface area contributed by atoms with Gasteiger partial charge in [-0.25, -0.2) is 0 Å². The zero-order chi connectivity index (χ0) is 35.2. The third kappa shape index (κ3) is 9.71. The maximum atomic E-state index is 12.7. The highest BCUT2D eigenvalue weighted by Gasteiger charge is 2.52. The smallest absolute Gasteiger partial charge is 0.306 e. The molecule has 0 aromatic heterocycles. The van der Waals surface area contributed by atoms with Crippen LogP contribution in [0.5, 0.6) is 0 Å². The molecule has 3 rings (SSSR count). The third-order valence-electron chi connectivity index (χ3n) is 8.39. The second-order valence-corrected chi connectivity index (χ2v) is 11.9. The van der Waals surface area contributed by atoms with Crippen LogP contribution in [0, 0.1) is 0 Å². The lowest BCUT2D eigenvalue weighted by molar-refractivity contribution is -0.320. The number of primary amides is 1. The summed E-state index contributed by atoms with van der Waals surface area (Å²) in [5, 5.41) is 66.3. The first-order chi connectivity index (χ1) is 22.1. The van der Waals surface area contributed by atoms with Crippen molar-refractivity contribution >= 4 is 17.8 Å². The van der Waals surface area contributed by atoms with Crippen LogP contribution in [0.2, 0.25) is 0 Å². The first-order valence-corrected chi connectivity index (χ1v) is 15.2. The molecule has 1 unspecified atom stereocenters. The Hall–Kier alpha value is -2.19. The number of rotatable bonds is 14. The number of carbonyl (C=O) groups is 3. The Morgan fingerprint density at radius 2 is 1.45 bits per heavy atom. The molecule has 0 spiro atoms. The predicted molar refractivity (Wildman–Crippen MR) is 156 cm³/mol. The summed E-state index contributed by atoms with van der Waals surface area (Å²) in [4.78, 5) is 35.7. The molecule has 21 heteroatoms. The Morgan fingerprint density at radius 3 is 2.06 bits per heavy atom. The molecule has 2 aliphatic heterocycles. The largest absolute Gasteiger partial charge is 0.463 e. The van der Waals surface area contributed by atoms with Crippen LogP contribution in [0.1, 0.15) is 25.7 Å². The first kappa shape index (κ1) is 39.3. The summed E-state index contributed by atoms with van der Waals surface area (Å²) in [6.45, 7) is -0.790. The molecule has 1 aliphatic carbocycles. The van der Waals surface area contributed by atoms with Crippen LogP contribution in [0.25, 0.3) is 0 Å². The maximum absolute atomic E-state index is 12.7. The van der Waals surface area contributed by atoms with Crippen molar-refractivity contribution in [1.82, 2.24) is 5.32 Å². The minimum absolute atomic E-state index is 0.0139. The molecule has 2 saturated heterocycles. The van der Waals surface area contributed by atoms with Gasteiger partial charge in [0.15, 0.2) is 12.6 Å². The molecule has 47 heavy (non-hydrogen) atoms. The number of amides is 2. The number of nitrogens with one attached hydrogen (secondary N) is 1. The van der Waals surface area contributed by atoms with E-state index < -0.39 is 122 Å². The maximum Gasteiger partial charge on any atom is 0.306 e. The molecule has 2 amide bonds. The third-order valence-corrected chi connectivity index (χ3v) is 8.39. The Balaban J connectivity index is 1.83. The molecule has 272 valence electrons. The van der Waals surface area contributed by atoms with Gasteiger partial charge in [-0.3, -0.25) is 14.4 Å². The summed E-state index contributed by atoms with van der Waals surface area (Å²) in [5.74, 6) is -2.43. The van der Waals surface area contributed by atoms with Gasteiger partial charge in [0, 0.05) is 19.0 Å². The van der Waals surface area contributed by atoms with Gasteiger partial charge in [0.2, 0.25) is 11.8 Å². The summed E-state index contributed by atoms with van der Waals surface area (Å²) in [7, 11) is 0. The Kier molecular flexibility index (Phi) is 14.6. The molecular formula is C26H49N7O14. The van der Waals surface area contributed by atoms with Crippen molar-refractivity contribution in [3.8, 4) is 0 Å². The molecule has 0 aromatic carbocycles. The summed E-state index contributed by atoms with van der Waals surface area (Å²) >= 11 is 0. The van der Waals surface area contributed by atoms with Gasteiger partial charge in [-0.1, -0.05) is 0 Å². The molecule has 1 saturated carbocycles. The SMILES string of the molecule is NCC[C@H](O)C(=O)N[C@@H]1CC(N)[C@@H](O[C@H]2O[C@H](CN)[C@@H](O)[C@H](O)[C@H]2N)[C@H](O)[C@H]1O[C@H]1O[C@H](COC(=O)CCC(N)=O)[C@@H](O)[C@H](N)[C@H]1O. The van der Waals surface area contributed by atoms with Crippen molar-refractivity contribution in [2.45, 2.75) is 123 Å². The first-order valence-electron chi connectivity index (χ1n) is 15.2. The van der Waals surface area contributed by atoms with Crippen molar-refractivity contribution in [3.05, 3.63) is 0 Å². The molecule has 0 bridgehead atoms. The van der Waals surface area contributed by atoms with E-state index in [2.05, 4.69) is 5.32 Å². The van der Waals surface area contributed by atoms with Gasteiger partial charge in [-0.15, -0.1) is 0 Å². The fourth-order valence-corrected chi connectivity index (χ4v) is 5.57. The van der Waals surface area contributed by atoms with Gasteiger partial charge in [0.05, 0.1) is 24.5 Å². The number of hydrogen-bond acceptors (Lipinski definition) is 19. The highest BCUT2D eigenvalue weighted by molar-refractivity contribution is 5.81. The highest BCUT2D eigenvalue weighted by atomic mass is 16.7. The average molecular weight is 684 g/mol. The number of hydrogen-bond donors (Lipinski definition) is 13. The van der Waals surface area contributed by atoms with E-state index in [9.17, 15) is 45.0 Å².